The molecular formula is C15H13FS. The first kappa shape index (κ1) is 11.9. The SMILES string of the molecule is C/C=C(/Sc1ccc(F)cc1)c1ccccc1. The molecule has 17 heavy (non-hydrogen) atoms. The van der Waals surface area contributed by atoms with E-state index in [1.165, 1.54) is 22.6 Å². The van der Waals surface area contributed by atoms with Crippen molar-refractivity contribution >= 4 is 16.7 Å². The normalized spacial score (nSPS) is 11.5. The van der Waals surface area contributed by atoms with Crippen LogP contribution in [0.3, 0.4) is 0 Å². The van der Waals surface area contributed by atoms with E-state index in [9.17, 15) is 4.39 Å². The van der Waals surface area contributed by atoms with Crippen LogP contribution in [0.2, 0.25) is 0 Å². The fraction of sp³-hybridized carbons (Fsp3) is 0.0667. The molecule has 0 amide bonds. The van der Waals surface area contributed by atoms with Crippen LogP contribution in [0.25, 0.3) is 4.91 Å². The number of hydrogen-bond acceptors (Lipinski definition) is 1. The van der Waals surface area contributed by atoms with Gasteiger partial charge in [-0.05, 0) is 36.8 Å². The van der Waals surface area contributed by atoms with E-state index >= 15 is 0 Å². The molecule has 0 bridgehead atoms. The number of hydrogen-bond donors (Lipinski definition) is 0. The van der Waals surface area contributed by atoms with Crippen molar-refractivity contribution < 1.29 is 4.39 Å². The molecule has 0 radical (unpaired) electrons. The molecule has 86 valence electrons. The molecule has 2 aromatic rings. The van der Waals surface area contributed by atoms with E-state index in [-0.39, 0.29) is 5.82 Å². The van der Waals surface area contributed by atoms with Gasteiger partial charge in [-0.25, -0.2) is 4.39 Å². The predicted octanol–water partition coefficient (Wildman–Crippen LogP) is 4.98. The van der Waals surface area contributed by atoms with Crippen LogP contribution in [0.5, 0.6) is 0 Å². The lowest BCUT2D eigenvalue weighted by molar-refractivity contribution is 0.626. The average molecular weight is 244 g/mol. The molecule has 0 aliphatic rings. The van der Waals surface area contributed by atoms with Crippen LogP contribution in [0.4, 0.5) is 4.39 Å². The summed E-state index contributed by atoms with van der Waals surface area (Å²) in [5, 5.41) is 0. The summed E-state index contributed by atoms with van der Waals surface area (Å²) in [6.07, 6.45) is 2.07. The highest BCUT2D eigenvalue weighted by atomic mass is 32.2. The molecule has 0 aromatic heterocycles. The Balaban J connectivity index is 2.19. The van der Waals surface area contributed by atoms with Crippen molar-refractivity contribution in [1.82, 2.24) is 0 Å². The molecular weight excluding hydrogens is 231 g/mol. The molecule has 0 spiro atoms. The van der Waals surface area contributed by atoms with Crippen molar-refractivity contribution in [2.45, 2.75) is 11.8 Å². The third-order valence-electron chi connectivity index (χ3n) is 2.36. The minimum atomic E-state index is -0.198. The number of halogens is 1. The molecule has 0 atom stereocenters. The van der Waals surface area contributed by atoms with Gasteiger partial charge in [-0.15, -0.1) is 0 Å². The van der Waals surface area contributed by atoms with Gasteiger partial charge in [0.15, 0.2) is 0 Å². The number of benzene rings is 2. The van der Waals surface area contributed by atoms with E-state index in [1.54, 1.807) is 23.9 Å². The van der Waals surface area contributed by atoms with Crippen LogP contribution >= 0.6 is 11.8 Å². The van der Waals surface area contributed by atoms with Crippen LogP contribution in [0, 0.1) is 5.82 Å². The molecule has 0 saturated heterocycles. The monoisotopic (exact) mass is 244 g/mol. The summed E-state index contributed by atoms with van der Waals surface area (Å²) >= 11 is 1.64. The van der Waals surface area contributed by atoms with Crippen molar-refractivity contribution in [2.24, 2.45) is 0 Å². The quantitative estimate of drug-likeness (QED) is 0.686. The molecule has 0 saturated carbocycles. The summed E-state index contributed by atoms with van der Waals surface area (Å²) in [6, 6.07) is 16.8. The van der Waals surface area contributed by atoms with Gasteiger partial charge in [0.05, 0.1) is 0 Å². The van der Waals surface area contributed by atoms with Crippen molar-refractivity contribution in [1.29, 1.82) is 0 Å². The first-order valence-corrected chi connectivity index (χ1v) is 6.26. The third-order valence-corrected chi connectivity index (χ3v) is 3.56. The molecule has 0 aliphatic carbocycles. The standard InChI is InChI=1S/C15H13FS/c1-2-15(12-6-4-3-5-7-12)17-14-10-8-13(16)9-11-14/h2-11H,1H3/b15-2+. The Kier molecular flexibility index (Phi) is 3.99. The fourth-order valence-electron chi connectivity index (χ4n) is 1.52. The summed E-state index contributed by atoms with van der Waals surface area (Å²) in [5.74, 6) is -0.198. The van der Waals surface area contributed by atoms with Gasteiger partial charge in [0, 0.05) is 9.80 Å². The first-order chi connectivity index (χ1) is 8.29. The Morgan fingerprint density at radius 3 is 2.24 bits per heavy atom. The highest BCUT2D eigenvalue weighted by Gasteiger charge is 2.02. The van der Waals surface area contributed by atoms with Crippen LogP contribution in [0.1, 0.15) is 12.5 Å². The Morgan fingerprint density at radius 2 is 1.65 bits per heavy atom. The van der Waals surface area contributed by atoms with Gasteiger partial charge >= 0.3 is 0 Å². The van der Waals surface area contributed by atoms with Gasteiger partial charge in [-0.1, -0.05) is 48.2 Å². The molecule has 2 heteroatoms. The Bertz CT molecular complexity index is 500. The van der Waals surface area contributed by atoms with Gasteiger partial charge in [0.2, 0.25) is 0 Å². The molecule has 2 aromatic carbocycles. The van der Waals surface area contributed by atoms with Gasteiger partial charge < -0.3 is 0 Å². The maximum atomic E-state index is 12.8. The van der Waals surface area contributed by atoms with Crippen LogP contribution in [-0.2, 0) is 0 Å². The summed E-state index contributed by atoms with van der Waals surface area (Å²) in [4.78, 5) is 2.22. The van der Waals surface area contributed by atoms with E-state index < -0.39 is 0 Å². The second kappa shape index (κ2) is 5.69. The highest BCUT2D eigenvalue weighted by molar-refractivity contribution is 8.08. The zero-order chi connectivity index (χ0) is 12.1. The van der Waals surface area contributed by atoms with E-state index in [1.807, 2.05) is 25.1 Å². The predicted molar refractivity (Wildman–Crippen MR) is 72.4 cm³/mol. The van der Waals surface area contributed by atoms with Crippen LogP contribution in [-0.4, -0.2) is 0 Å². The minimum absolute atomic E-state index is 0.198. The van der Waals surface area contributed by atoms with Crippen LogP contribution in [0.15, 0.2) is 65.6 Å². The molecule has 2 rings (SSSR count). The first-order valence-electron chi connectivity index (χ1n) is 5.45. The molecule has 0 nitrogen and oxygen atoms in total. The maximum absolute atomic E-state index is 12.8. The summed E-state index contributed by atoms with van der Waals surface area (Å²) in [7, 11) is 0. The number of thioether (sulfide) groups is 1. The smallest absolute Gasteiger partial charge is 0.123 e. The van der Waals surface area contributed by atoms with E-state index in [2.05, 4.69) is 18.2 Å². The Labute approximate surface area is 105 Å². The van der Waals surface area contributed by atoms with Crippen LogP contribution < -0.4 is 0 Å². The average Bonchev–Trinajstić information content (AvgIpc) is 2.39. The zero-order valence-electron chi connectivity index (χ0n) is 9.56. The topological polar surface area (TPSA) is 0 Å². The maximum Gasteiger partial charge on any atom is 0.123 e. The lowest BCUT2D eigenvalue weighted by atomic mass is 10.2. The third kappa shape index (κ3) is 3.21. The fourth-order valence-corrected chi connectivity index (χ4v) is 2.41. The summed E-state index contributed by atoms with van der Waals surface area (Å²) < 4.78 is 12.8. The lowest BCUT2D eigenvalue weighted by Gasteiger charge is -2.06. The number of allylic oxidation sites excluding steroid dienone is 1. The highest BCUT2D eigenvalue weighted by Crippen LogP contribution is 2.33. The van der Waals surface area contributed by atoms with Crippen molar-refractivity contribution in [3.05, 3.63) is 72.1 Å². The van der Waals surface area contributed by atoms with E-state index in [0.29, 0.717) is 0 Å². The molecule has 0 fully saturated rings. The zero-order valence-corrected chi connectivity index (χ0v) is 10.4. The second-order valence-electron chi connectivity index (χ2n) is 3.57. The lowest BCUT2D eigenvalue weighted by Crippen LogP contribution is -1.80. The van der Waals surface area contributed by atoms with Gasteiger partial charge in [-0.3, -0.25) is 0 Å². The number of rotatable bonds is 3. The Morgan fingerprint density at radius 1 is 1.00 bits per heavy atom. The van der Waals surface area contributed by atoms with Gasteiger partial charge in [-0.2, -0.15) is 0 Å². The van der Waals surface area contributed by atoms with Crippen molar-refractivity contribution in [3.63, 3.8) is 0 Å². The summed E-state index contributed by atoms with van der Waals surface area (Å²) in [6.45, 7) is 2.01. The largest absolute Gasteiger partial charge is 0.207 e. The molecule has 0 N–H and O–H groups in total. The van der Waals surface area contributed by atoms with Gasteiger partial charge in [0.25, 0.3) is 0 Å². The summed E-state index contributed by atoms with van der Waals surface area (Å²) in [5.41, 5.74) is 1.18. The van der Waals surface area contributed by atoms with Crippen molar-refractivity contribution in [2.75, 3.05) is 0 Å². The van der Waals surface area contributed by atoms with Crippen molar-refractivity contribution in [3.8, 4) is 0 Å². The molecule has 0 heterocycles. The minimum Gasteiger partial charge on any atom is -0.207 e. The second-order valence-corrected chi connectivity index (χ2v) is 4.69. The van der Waals surface area contributed by atoms with E-state index in [4.69, 9.17) is 0 Å². The molecule has 0 aliphatic heterocycles. The molecule has 0 unspecified atom stereocenters. The van der Waals surface area contributed by atoms with E-state index in [0.717, 1.165) is 4.90 Å². The Hall–Kier alpha value is -1.54. The van der Waals surface area contributed by atoms with Gasteiger partial charge in [0.1, 0.15) is 5.82 Å².